The lowest BCUT2D eigenvalue weighted by atomic mass is 9.90. The van der Waals surface area contributed by atoms with Gasteiger partial charge in [0.25, 0.3) is 5.91 Å². The number of likely N-dealkylation sites (tertiary alicyclic amines) is 1. The van der Waals surface area contributed by atoms with Gasteiger partial charge in [0, 0.05) is 49.9 Å². The number of pyridine rings is 1. The van der Waals surface area contributed by atoms with Gasteiger partial charge in [0.05, 0.1) is 0 Å². The van der Waals surface area contributed by atoms with Gasteiger partial charge < -0.3 is 9.80 Å². The van der Waals surface area contributed by atoms with E-state index >= 15 is 0 Å². The number of hydrogen-bond acceptors (Lipinski definition) is 3. The summed E-state index contributed by atoms with van der Waals surface area (Å²) >= 11 is 5.98. The number of benzene rings is 1. The summed E-state index contributed by atoms with van der Waals surface area (Å²) in [5, 5.41) is 0.746. The van der Waals surface area contributed by atoms with Crippen molar-refractivity contribution in [1.82, 2.24) is 9.88 Å². The largest absolute Gasteiger partial charge is 0.363 e. The zero-order valence-electron chi connectivity index (χ0n) is 14.1. The Labute approximate surface area is 148 Å². The Morgan fingerprint density at radius 2 is 2.00 bits per heavy atom. The van der Waals surface area contributed by atoms with Gasteiger partial charge >= 0.3 is 0 Å². The molecule has 1 aliphatic heterocycles. The van der Waals surface area contributed by atoms with E-state index in [1.54, 1.807) is 12.3 Å². The first-order chi connectivity index (χ1) is 11.5. The van der Waals surface area contributed by atoms with Gasteiger partial charge in [-0.05, 0) is 42.7 Å². The van der Waals surface area contributed by atoms with Crippen molar-refractivity contribution >= 4 is 23.3 Å². The zero-order chi connectivity index (χ0) is 17.1. The van der Waals surface area contributed by atoms with Crippen molar-refractivity contribution in [2.24, 2.45) is 0 Å². The van der Waals surface area contributed by atoms with E-state index in [-0.39, 0.29) is 5.91 Å². The van der Waals surface area contributed by atoms with Crippen molar-refractivity contribution in [2.75, 3.05) is 32.1 Å². The van der Waals surface area contributed by atoms with Crippen LogP contribution in [-0.4, -0.2) is 43.0 Å². The third kappa shape index (κ3) is 3.70. The Balaban J connectivity index is 1.75. The summed E-state index contributed by atoms with van der Waals surface area (Å²) in [7, 11) is 3.85. The number of piperidine rings is 1. The molecule has 0 unspecified atom stereocenters. The number of nitrogens with zero attached hydrogens (tertiary/aromatic N) is 3. The molecule has 1 amide bonds. The van der Waals surface area contributed by atoms with Crippen LogP contribution in [0.15, 0.2) is 42.6 Å². The molecule has 1 saturated heterocycles. The van der Waals surface area contributed by atoms with E-state index in [2.05, 4.69) is 17.1 Å². The van der Waals surface area contributed by atoms with E-state index in [1.807, 2.05) is 42.1 Å². The highest BCUT2D eigenvalue weighted by molar-refractivity contribution is 6.30. The van der Waals surface area contributed by atoms with Crippen molar-refractivity contribution < 1.29 is 4.79 Å². The van der Waals surface area contributed by atoms with Gasteiger partial charge in [-0.25, -0.2) is 4.98 Å². The normalized spacial score (nSPS) is 17.6. The topological polar surface area (TPSA) is 36.4 Å². The maximum absolute atomic E-state index is 12.9. The second-order valence-electron chi connectivity index (χ2n) is 6.44. The third-order valence-corrected chi connectivity index (χ3v) is 4.75. The Morgan fingerprint density at radius 1 is 1.25 bits per heavy atom. The smallest absolute Gasteiger partial charge is 0.254 e. The third-order valence-electron chi connectivity index (χ3n) is 4.50. The number of halogens is 1. The highest BCUT2D eigenvalue weighted by atomic mass is 35.5. The minimum atomic E-state index is 0.0826. The van der Waals surface area contributed by atoms with Crippen molar-refractivity contribution in [1.29, 1.82) is 0 Å². The summed E-state index contributed by atoms with van der Waals surface area (Å²) in [6.07, 6.45) is 3.82. The number of anilines is 1. The fourth-order valence-electron chi connectivity index (χ4n) is 3.15. The Kier molecular flexibility index (Phi) is 5.05. The van der Waals surface area contributed by atoms with E-state index in [1.165, 1.54) is 5.56 Å². The number of carbonyl (C=O) groups excluding carboxylic acids is 1. The average Bonchev–Trinajstić information content (AvgIpc) is 2.62. The summed E-state index contributed by atoms with van der Waals surface area (Å²) in [4.78, 5) is 21.0. The highest BCUT2D eigenvalue weighted by Crippen LogP contribution is 2.28. The molecule has 2 heterocycles. The summed E-state index contributed by atoms with van der Waals surface area (Å²) in [5.41, 5.74) is 1.95. The number of carbonyl (C=O) groups is 1. The van der Waals surface area contributed by atoms with Gasteiger partial charge in [-0.2, -0.15) is 0 Å². The molecule has 5 heteroatoms. The maximum atomic E-state index is 12.9. The van der Waals surface area contributed by atoms with E-state index in [4.69, 9.17) is 11.6 Å². The van der Waals surface area contributed by atoms with Gasteiger partial charge in [0.15, 0.2) is 0 Å². The predicted octanol–water partition coefficient (Wildman–Crippen LogP) is 3.82. The molecule has 4 nitrogen and oxygen atoms in total. The van der Waals surface area contributed by atoms with Gasteiger partial charge in [-0.3, -0.25) is 4.79 Å². The molecular weight excluding hydrogens is 322 g/mol. The molecule has 0 bridgehead atoms. The van der Waals surface area contributed by atoms with Crippen LogP contribution in [0.2, 0.25) is 5.02 Å². The standard InChI is InChI=1S/C19H22ClN3O/c1-22(2)18-12-15(9-10-21-18)19(24)23-11-3-4-16(13-23)14-5-7-17(20)8-6-14/h5-10,12,16H,3-4,11,13H2,1-2H3/t16-/m0/s1. The molecule has 1 fully saturated rings. The van der Waals surface area contributed by atoms with Crippen molar-refractivity contribution in [3.8, 4) is 0 Å². The maximum Gasteiger partial charge on any atom is 0.254 e. The lowest BCUT2D eigenvalue weighted by Crippen LogP contribution is -2.39. The zero-order valence-corrected chi connectivity index (χ0v) is 14.8. The Bertz CT molecular complexity index is 715. The van der Waals surface area contributed by atoms with Crippen molar-refractivity contribution in [2.45, 2.75) is 18.8 Å². The van der Waals surface area contributed by atoms with Crippen LogP contribution in [-0.2, 0) is 0 Å². The predicted molar refractivity (Wildman–Crippen MR) is 97.9 cm³/mol. The molecular formula is C19H22ClN3O. The van der Waals surface area contributed by atoms with Crippen molar-refractivity contribution in [3.05, 3.63) is 58.7 Å². The van der Waals surface area contributed by atoms with Crippen LogP contribution in [0.3, 0.4) is 0 Å². The summed E-state index contributed by atoms with van der Waals surface area (Å²) in [5.74, 6) is 1.25. The van der Waals surface area contributed by atoms with Gasteiger partial charge in [-0.1, -0.05) is 23.7 Å². The first-order valence-electron chi connectivity index (χ1n) is 8.22. The van der Waals surface area contributed by atoms with Crippen LogP contribution in [0.1, 0.15) is 34.7 Å². The van der Waals surface area contributed by atoms with E-state index < -0.39 is 0 Å². The van der Waals surface area contributed by atoms with Crippen LogP contribution < -0.4 is 4.90 Å². The molecule has 24 heavy (non-hydrogen) atoms. The lowest BCUT2D eigenvalue weighted by molar-refractivity contribution is 0.0707. The van der Waals surface area contributed by atoms with Crippen LogP contribution in [0.25, 0.3) is 0 Å². The number of aromatic nitrogens is 1. The number of hydrogen-bond donors (Lipinski definition) is 0. The highest BCUT2D eigenvalue weighted by Gasteiger charge is 2.25. The quantitative estimate of drug-likeness (QED) is 0.850. The first-order valence-corrected chi connectivity index (χ1v) is 8.60. The molecule has 0 spiro atoms. The molecule has 2 aromatic rings. The molecule has 0 saturated carbocycles. The molecule has 1 atom stereocenters. The average molecular weight is 344 g/mol. The second kappa shape index (κ2) is 7.22. The van der Waals surface area contributed by atoms with Crippen LogP contribution >= 0.6 is 11.6 Å². The molecule has 0 aliphatic carbocycles. The minimum absolute atomic E-state index is 0.0826. The summed E-state index contributed by atoms with van der Waals surface area (Å²) < 4.78 is 0. The Hall–Kier alpha value is -2.07. The molecule has 1 aromatic carbocycles. The van der Waals surface area contributed by atoms with E-state index in [0.29, 0.717) is 11.5 Å². The molecule has 126 valence electrons. The molecule has 1 aromatic heterocycles. The van der Waals surface area contributed by atoms with E-state index in [0.717, 1.165) is 36.8 Å². The molecule has 3 rings (SSSR count). The molecule has 1 aliphatic rings. The minimum Gasteiger partial charge on any atom is -0.363 e. The van der Waals surface area contributed by atoms with Crippen LogP contribution in [0.4, 0.5) is 5.82 Å². The molecule has 0 radical (unpaired) electrons. The fourth-order valence-corrected chi connectivity index (χ4v) is 3.27. The van der Waals surface area contributed by atoms with E-state index in [9.17, 15) is 4.79 Å². The SMILES string of the molecule is CN(C)c1cc(C(=O)N2CCC[C@H](c3ccc(Cl)cc3)C2)ccn1. The molecule has 0 N–H and O–H groups in total. The first kappa shape index (κ1) is 16.8. The van der Waals surface area contributed by atoms with Gasteiger partial charge in [0.1, 0.15) is 5.82 Å². The monoisotopic (exact) mass is 343 g/mol. The van der Waals surface area contributed by atoms with Crippen LogP contribution in [0.5, 0.6) is 0 Å². The van der Waals surface area contributed by atoms with Crippen LogP contribution in [0, 0.1) is 0 Å². The van der Waals surface area contributed by atoms with Gasteiger partial charge in [-0.15, -0.1) is 0 Å². The van der Waals surface area contributed by atoms with Crippen molar-refractivity contribution in [3.63, 3.8) is 0 Å². The summed E-state index contributed by atoms with van der Waals surface area (Å²) in [6, 6.07) is 11.6. The number of rotatable bonds is 3. The number of amides is 1. The fraction of sp³-hybridized carbons (Fsp3) is 0.368. The Morgan fingerprint density at radius 3 is 2.71 bits per heavy atom. The lowest BCUT2D eigenvalue weighted by Gasteiger charge is -2.33. The second-order valence-corrected chi connectivity index (χ2v) is 6.88. The summed E-state index contributed by atoms with van der Waals surface area (Å²) in [6.45, 7) is 1.56. The van der Waals surface area contributed by atoms with Gasteiger partial charge in [0.2, 0.25) is 0 Å².